The van der Waals surface area contributed by atoms with Gasteiger partial charge in [-0.1, -0.05) is 0 Å². The van der Waals surface area contributed by atoms with Gasteiger partial charge in [0.05, 0.1) is 10.5 Å². The van der Waals surface area contributed by atoms with Crippen LogP contribution in [-0.4, -0.2) is 35.8 Å². The Balaban J connectivity index is 2.25. The second-order valence-corrected chi connectivity index (χ2v) is 4.24. The van der Waals surface area contributed by atoms with Crippen LogP contribution < -0.4 is 5.32 Å². The van der Waals surface area contributed by atoms with Gasteiger partial charge in [0.1, 0.15) is 5.75 Å². The molecular formula is C11H14N2O4. The highest BCUT2D eigenvalue weighted by Crippen LogP contribution is 2.29. The van der Waals surface area contributed by atoms with Crippen LogP contribution in [-0.2, 0) is 11.2 Å². The zero-order valence-electron chi connectivity index (χ0n) is 9.47. The van der Waals surface area contributed by atoms with Gasteiger partial charge in [0.25, 0.3) is 5.69 Å². The summed E-state index contributed by atoms with van der Waals surface area (Å²) in [5.41, 5.74) is 0.172. The number of aromatic hydroxyl groups is 1. The number of methoxy groups -OCH3 is 1. The lowest BCUT2D eigenvalue weighted by molar-refractivity contribution is -0.385. The minimum absolute atomic E-state index is 0.0173. The Morgan fingerprint density at radius 1 is 1.59 bits per heavy atom. The van der Waals surface area contributed by atoms with Crippen molar-refractivity contribution in [3.05, 3.63) is 33.9 Å². The van der Waals surface area contributed by atoms with Crippen LogP contribution in [0.15, 0.2) is 18.2 Å². The summed E-state index contributed by atoms with van der Waals surface area (Å²) in [4.78, 5) is 10.2. The van der Waals surface area contributed by atoms with Gasteiger partial charge in [-0.25, -0.2) is 0 Å². The van der Waals surface area contributed by atoms with E-state index in [1.807, 2.05) is 0 Å². The molecule has 0 bridgehead atoms. The maximum atomic E-state index is 10.7. The molecule has 0 radical (unpaired) electrons. The number of ether oxygens (including phenoxy) is 1. The Morgan fingerprint density at radius 2 is 2.29 bits per heavy atom. The molecule has 2 rings (SSSR count). The van der Waals surface area contributed by atoms with Gasteiger partial charge < -0.3 is 15.2 Å². The zero-order valence-corrected chi connectivity index (χ0v) is 9.47. The fraction of sp³-hybridized carbons (Fsp3) is 0.455. The highest BCUT2D eigenvalue weighted by atomic mass is 16.6. The summed E-state index contributed by atoms with van der Waals surface area (Å²) in [5, 5.41) is 23.4. The Hall–Kier alpha value is -1.66. The maximum Gasteiger partial charge on any atom is 0.269 e. The van der Waals surface area contributed by atoms with Gasteiger partial charge in [-0.2, -0.15) is 0 Å². The number of phenolic OH excluding ortho intramolecular Hbond substituents is 1. The lowest BCUT2D eigenvalue weighted by Crippen LogP contribution is -2.61. The van der Waals surface area contributed by atoms with E-state index in [0.717, 1.165) is 0 Å². The average molecular weight is 238 g/mol. The van der Waals surface area contributed by atoms with Gasteiger partial charge in [-0.05, 0) is 6.07 Å². The topological polar surface area (TPSA) is 84.6 Å². The van der Waals surface area contributed by atoms with E-state index in [4.69, 9.17) is 4.74 Å². The van der Waals surface area contributed by atoms with E-state index >= 15 is 0 Å². The molecule has 6 heteroatoms. The van der Waals surface area contributed by atoms with Crippen molar-refractivity contribution >= 4 is 5.69 Å². The molecule has 0 amide bonds. The van der Waals surface area contributed by atoms with Crippen molar-refractivity contribution in [2.45, 2.75) is 12.0 Å². The van der Waals surface area contributed by atoms with Crippen molar-refractivity contribution in [3.63, 3.8) is 0 Å². The van der Waals surface area contributed by atoms with Crippen molar-refractivity contribution in [2.24, 2.45) is 0 Å². The van der Waals surface area contributed by atoms with Gasteiger partial charge >= 0.3 is 0 Å². The van der Waals surface area contributed by atoms with Gasteiger partial charge in [-0.15, -0.1) is 0 Å². The largest absolute Gasteiger partial charge is 0.508 e. The van der Waals surface area contributed by atoms with Crippen LogP contribution in [0.2, 0.25) is 0 Å². The Bertz CT molecular complexity index is 438. The molecule has 0 aromatic heterocycles. The van der Waals surface area contributed by atoms with E-state index < -0.39 is 4.92 Å². The molecule has 1 saturated heterocycles. The first-order valence-electron chi connectivity index (χ1n) is 5.28. The molecule has 1 aliphatic rings. The molecule has 0 saturated carbocycles. The zero-order chi connectivity index (χ0) is 12.5. The number of nitro groups is 1. The first-order chi connectivity index (χ1) is 8.06. The molecule has 2 N–H and O–H groups in total. The monoisotopic (exact) mass is 238 g/mol. The third-order valence-electron chi connectivity index (χ3n) is 3.11. The molecular weight excluding hydrogens is 224 g/mol. The molecule has 1 aromatic rings. The van der Waals surface area contributed by atoms with Crippen molar-refractivity contribution < 1.29 is 14.8 Å². The molecule has 6 nitrogen and oxygen atoms in total. The fourth-order valence-electron chi connectivity index (χ4n) is 1.92. The second-order valence-electron chi connectivity index (χ2n) is 4.24. The number of nitro benzene ring substituents is 1. The van der Waals surface area contributed by atoms with Crippen LogP contribution >= 0.6 is 0 Å². The van der Waals surface area contributed by atoms with Gasteiger partial charge in [-0.3, -0.25) is 10.1 Å². The molecule has 17 heavy (non-hydrogen) atoms. The first kappa shape index (κ1) is 11.8. The van der Waals surface area contributed by atoms with E-state index in [2.05, 4.69) is 5.32 Å². The van der Waals surface area contributed by atoms with Crippen molar-refractivity contribution in [2.75, 3.05) is 20.2 Å². The summed E-state index contributed by atoms with van der Waals surface area (Å²) in [6, 6.07) is 4.04. The Kier molecular flexibility index (Phi) is 2.99. The average Bonchev–Trinajstić information content (AvgIpc) is 2.25. The smallest absolute Gasteiger partial charge is 0.269 e. The standard InChI is InChI=1S/C11H14N2O4/c1-17-11(6-12-7-11)5-8-4-9(13(15)16)2-3-10(8)14/h2-4,12,14H,5-7H2,1H3. The fourth-order valence-corrected chi connectivity index (χ4v) is 1.92. The van der Waals surface area contributed by atoms with Crippen LogP contribution in [0, 0.1) is 10.1 Å². The van der Waals surface area contributed by atoms with Crippen LogP contribution in [0.5, 0.6) is 5.75 Å². The molecule has 1 aliphatic heterocycles. The number of rotatable bonds is 4. The van der Waals surface area contributed by atoms with E-state index in [0.29, 0.717) is 25.1 Å². The van der Waals surface area contributed by atoms with Crippen LogP contribution in [0.25, 0.3) is 0 Å². The third-order valence-corrected chi connectivity index (χ3v) is 3.11. The third kappa shape index (κ3) is 2.22. The first-order valence-corrected chi connectivity index (χ1v) is 5.28. The van der Waals surface area contributed by atoms with E-state index in [9.17, 15) is 15.2 Å². The quantitative estimate of drug-likeness (QED) is 0.599. The summed E-state index contributed by atoms with van der Waals surface area (Å²) < 4.78 is 5.39. The highest BCUT2D eigenvalue weighted by Gasteiger charge is 2.37. The molecule has 92 valence electrons. The minimum Gasteiger partial charge on any atom is -0.508 e. The van der Waals surface area contributed by atoms with Crippen molar-refractivity contribution in [1.82, 2.24) is 5.32 Å². The maximum absolute atomic E-state index is 10.7. The number of non-ortho nitro benzene ring substituents is 1. The van der Waals surface area contributed by atoms with Gasteiger partial charge in [0.2, 0.25) is 0 Å². The molecule has 0 unspecified atom stereocenters. The second kappa shape index (κ2) is 4.31. The van der Waals surface area contributed by atoms with Crippen molar-refractivity contribution in [3.8, 4) is 5.75 Å². The number of benzene rings is 1. The van der Waals surface area contributed by atoms with Crippen LogP contribution in [0.4, 0.5) is 5.69 Å². The SMILES string of the molecule is COC1(Cc2cc([N+](=O)[O-])ccc2O)CNC1. The summed E-state index contributed by atoms with van der Waals surface area (Å²) in [6.45, 7) is 1.37. The van der Waals surface area contributed by atoms with Gasteiger partial charge in [0, 0.05) is 44.3 Å². The van der Waals surface area contributed by atoms with E-state index in [1.54, 1.807) is 7.11 Å². The predicted octanol–water partition coefficient (Wildman–Crippen LogP) is 0.831. The summed E-state index contributed by atoms with van der Waals surface area (Å²) in [5.74, 6) is 0.0684. The Morgan fingerprint density at radius 3 is 2.76 bits per heavy atom. The molecule has 0 aliphatic carbocycles. The number of phenols is 1. The lowest BCUT2D eigenvalue weighted by atomic mass is 9.88. The molecule has 1 heterocycles. The Labute approximate surface area is 98.4 Å². The van der Waals surface area contributed by atoms with Crippen molar-refractivity contribution in [1.29, 1.82) is 0 Å². The summed E-state index contributed by atoms with van der Waals surface area (Å²) in [7, 11) is 1.61. The molecule has 0 atom stereocenters. The van der Waals surface area contributed by atoms with E-state index in [-0.39, 0.29) is 17.0 Å². The lowest BCUT2D eigenvalue weighted by Gasteiger charge is -2.41. The number of hydrogen-bond acceptors (Lipinski definition) is 5. The number of hydrogen-bond donors (Lipinski definition) is 2. The summed E-state index contributed by atoms with van der Waals surface area (Å²) in [6.07, 6.45) is 0.462. The molecule has 0 spiro atoms. The summed E-state index contributed by atoms with van der Waals surface area (Å²) >= 11 is 0. The molecule has 1 fully saturated rings. The number of nitrogens with one attached hydrogen (secondary N) is 1. The predicted molar refractivity (Wildman–Crippen MR) is 61.1 cm³/mol. The normalized spacial score (nSPS) is 17.5. The number of nitrogens with zero attached hydrogens (tertiary/aromatic N) is 1. The van der Waals surface area contributed by atoms with Gasteiger partial charge in [0.15, 0.2) is 0 Å². The van der Waals surface area contributed by atoms with E-state index in [1.165, 1.54) is 18.2 Å². The highest BCUT2D eigenvalue weighted by molar-refractivity contribution is 5.44. The molecule has 1 aromatic carbocycles. The van der Waals surface area contributed by atoms with Crippen LogP contribution in [0.3, 0.4) is 0 Å². The minimum atomic E-state index is -0.471. The van der Waals surface area contributed by atoms with Crippen LogP contribution in [0.1, 0.15) is 5.56 Å².